The number of benzene rings is 1. The molecule has 0 fully saturated rings. The maximum Gasteiger partial charge on any atom is 0.407 e. The van der Waals surface area contributed by atoms with Crippen molar-refractivity contribution in [1.82, 2.24) is 10.3 Å². The Labute approximate surface area is 138 Å². The topological polar surface area (TPSA) is 63.2 Å². The number of amides is 1. The van der Waals surface area contributed by atoms with Gasteiger partial charge in [0, 0.05) is 29.1 Å². The second-order valence-corrected chi connectivity index (χ2v) is 6.80. The summed E-state index contributed by atoms with van der Waals surface area (Å²) in [4.78, 5) is 15.9. The highest BCUT2D eigenvalue weighted by molar-refractivity contribution is 9.10. The highest BCUT2D eigenvalue weighted by atomic mass is 79.9. The normalized spacial score (nSPS) is 11.3. The molecular formula is C16H20BrN3O2. The number of carbonyl (C=O) groups excluding carboxylic acids is 1. The molecule has 2 aromatic rings. The number of aromatic nitrogens is 1. The minimum Gasteiger partial charge on any atom is -0.444 e. The Kier molecular flexibility index (Phi) is 5.24. The molecule has 0 spiro atoms. The number of fused-ring (bicyclic) bond motifs is 1. The van der Waals surface area contributed by atoms with Crippen LogP contribution in [0.15, 0.2) is 34.9 Å². The van der Waals surface area contributed by atoms with Gasteiger partial charge >= 0.3 is 6.09 Å². The summed E-state index contributed by atoms with van der Waals surface area (Å²) < 4.78 is 6.21. The largest absolute Gasteiger partial charge is 0.444 e. The van der Waals surface area contributed by atoms with Gasteiger partial charge in [0.2, 0.25) is 0 Å². The van der Waals surface area contributed by atoms with Gasteiger partial charge < -0.3 is 15.4 Å². The quantitative estimate of drug-likeness (QED) is 0.805. The zero-order chi connectivity index (χ0) is 16.2. The second-order valence-electron chi connectivity index (χ2n) is 5.88. The number of hydrogen-bond acceptors (Lipinski definition) is 4. The lowest BCUT2D eigenvalue weighted by atomic mass is 10.1. The first kappa shape index (κ1) is 16.5. The van der Waals surface area contributed by atoms with Crippen LogP contribution in [0.25, 0.3) is 10.8 Å². The molecule has 1 aromatic heterocycles. The van der Waals surface area contributed by atoms with Crippen molar-refractivity contribution in [2.75, 3.05) is 18.4 Å². The molecule has 0 aliphatic rings. The average molecular weight is 366 g/mol. The van der Waals surface area contributed by atoms with E-state index in [1.165, 1.54) is 0 Å². The number of rotatable bonds is 4. The molecule has 2 rings (SSSR count). The number of hydrogen-bond donors (Lipinski definition) is 2. The van der Waals surface area contributed by atoms with Crippen molar-refractivity contribution in [3.8, 4) is 0 Å². The van der Waals surface area contributed by atoms with Crippen molar-refractivity contribution >= 4 is 38.6 Å². The summed E-state index contributed by atoms with van der Waals surface area (Å²) in [6.45, 7) is 6.54. The lowest BCUT2D eigenvalue weighted by Crippen LogP contribution is -2.35. The Hall–Kier alpha value is -1.82. The minimum absolute atomic E-state index is 0.413. The summed E-state index contributed by atoms with van der Waals surface area (Å²) in [7, 11) is 0. The standard InChI is InChI=1S/C16H20BrN3O2/c1-16(2,3)22-15(21)20-9-8-19-14-13-5-4-12(17)10-11(13)6-7-18-14/h4-7,10H,8-9H2,1-3H3,(H,18,19)(H,20,21). The maximum atomic E-state index is 11.5. The van der Waals surface area contributed by atoms with Crippen LogP contribution in [0.4, 0.5) is 10.6 Å². The number of ether oxygens (including phenoxy) is 1. The Morgan fingerprint density at radius 3 is 2.77 bits per heavy atom. The first-order valence-corrected chi connectivity index (χ1v) is 7.89. The molecule has 1 amide bonds. The van der Waals surface area contributed by atoms with E-state index in [2.05, 4.69) is 31.5 Å². The van der Waals surface area contributed by atoms with Crippen LogP contribution in [0.1, 0.15) is 20.8 Å². The summed E-state index contributed by atoms with van der Waals surface area (Å²) in [5.74, 6) is 0.802. The van der Waals surface area contributed by atoms with Crippen molar-refractivity contribution in [3.05, 3.63) is 34.9 Å². The van der Waals surface area contributed by atoms with E-state index < -0.39 is 11.7 Å². The van der Waals surface area contributed by atoms with Gasteiger partial charge in [0.25, 0.3) is 0 Å². The molecule has 0 saturated heterocycles. The zero-order valence-electron chi connectivity index (χ0n) is 12.9. The Bertz CT molecular complexity index is 668. The first-order valence-electron chi connectivity index (χ1n) is 7.10. The van der Waals surface area contributed by atoms with Crippen molar-refractivity contribution in [2.24, 2.45) is 0 Å². The van der Waals surface area contributed by atoms with Crippen LogP contribution >= 0.6 is 15.9 Å². The summed E-state index contributed by atoms with van der Waals surface area (Å²) in [5, 5.41) is 8.08. The first-order chi connectivity index (χ1) is 10.3. The van der Waals surface area contributed by atoms with Crippen LogP contribution in [0.5, 0.6) is 0 Å². The van der Waals surface area contributed by atoms with Crippen molar-refractivity contribution in [3.63, 3.8) is 0 Å². The number of carbonyl (C=O) groups is 1. The number of anilines is 1. The SMILES string of the molecule is CC(C)(C)OC(=O)NCCNc1nccc2cc(Br)ccc12. The molecule has 22 heavy (non-hydrogen) atoms. The molecule has 0 saturated carbocycles. The van der Waals surface area contributed by atoms with Crippen LogP contribution in [0.2, 0.25) is 0 Å². The van der Waals surface area contributed by atoms with E-state index in [9.17, 15) is 4.79 Å². The second kappa shape index (κ2) is 6.96. The van der Waals surface area contributed by atoms with Gasteiger partial charge in [-0.05, 0) is 50.4 Å². The van der Waals surface area contributed by atoms with Gasteiger partial charge in [0.05, 0.1) is 0 Å². The van der Waals surface area contributed by atoms with E-state index >= 15 is 0 Å². The average Bonchev–Trinajstić information content (AvgIpc) is 2.41. The Balaban J connectivity index is 1.89. The van der Waals surface area contributed by atoms with Crippen LogP contribution < -0.4 is 10.6 Å². The molecule has 0 aliphatic carbocycles. The molecule has 1 aromatic carbocycles. The number of alkyl carbamates (subject to hydrolysis) is 1. The third-order valence-corrected chi connectivity index (χ3v) is 3.31. The van der Waals surface area contributed by atoms with Gasteiger partial charge in [-0.3, -0.25) is 0 Å². The lowest BCUT2D eigenvalue weighted by Gasteiger charge is -2.19. The summed E-state index contributed by atoms with van der Waals surface area (Å²) in [6, 6.07) is 8.00. The Morgan fingerprint density at radius 2 is 2.05 bits per heavy atom. The van der Waals surface area contributed by atoms with Crippen LogP contribution in [0.3, 0.4) is 0 Å². The van der Waals surface area contributed by atoms with Gasteiger partial charge in [-0.1, -0.05) is 15.9 Å². The van der Waals surface area contributed by atoms with Crippen LogP contribution in [-0.2, 0) is 4.74 Å². The van der Waals surface area contributed by atoms with Gasteiger partial charge in [-0.15, -0.1) is 0 Å². The van der Waals surface area contributed by atoms with E-state index in [-0.39, 0.29) is 0 Å². The fraction of sp³-hybridized carbons (Fsp3) is 0.375. The van der Waals surface area contributed by atoms with Gasteiger partial charge in [0.1, 0.15) is 11.4 Å². The van der Waals surface area contributed by atoms with Gasteiger partial charge in [-0.2, -0.15) is 0 Å². The maximum absolute atomic E-state index is 11.5. The highest BCUT2D eigenvalue weighted by Gasteiger charge is 2.15. The smallest absolute Gasteiger partial charge is 0.407 e. The van der Waals surface area contributed by atoms with E-state index in [0.29, 0.717) is 13.1 Å². The number of halogens is 1. The molecule has 5 nitrogen and oxygen atoms in total. The molecule has 0 bridgehead atoms. The summed E-state index contributed by atoms with van der Waals surface area (Å²) in [5.41, 5.74) is -0.484. The zero-order valence-corrected chi connectivity index (χ0v) is 14.5. The van der Waals surface area contributed by atoms with Crippen LogP contribution in [0, 0.1) is 0 Å². The monoisotopic (exact) mass is 365 g/mol. The van der Waals surface area contributed by atoms with Crippen molar-refractivity contribution in [1.29, 1.82) is 0 Å². The predicted octanol–water partition coefficient (Wildman–Crippen LogP) is 3.93. The molecule has 0 unspecified atom stereocenters. The molecule has 0 radical (unpaired) electrons. The molecule has 118 valence electrons. The molecule has 0 aliphatic heterocycles. The fourth-order valence-electron chi connectivity index (χ4n) is 1.95. The summed E-state index contributed by atoms with van der Waals surface area (Å²) >= 11 is 3.46. The van der Waals surface area contributed by atoms with E-state index in [4.69, 9.17) is 4.74 Å². The number of pyridine rings is 1. The minimum atomic E-state index is -0.484. The van der Waals surface area contributed by atoms with Crippen molar-refractivity contribution < 1.29 is 9.53 Å². The molecular weight excluding hydrogens is 346 g/mol. The highest BCUT2D eigenvalue weighted by Crippen LogP contribution is 2.24. The van der Waals surface area contributed by atoms with E-state index in [1.807, 2.05) is 45.0 Å². The van der Waals surface area contributed by atoms with Gasteiger partial charge in [0.15, 0.2) is 0 Å². The molecule has 2 N–H and O–H groups in total. The number of nitrogens with zero attached hydrogens (tertiary/aromatic N) is 1. The summed E-state index contributed by atoms with van der Waals surface area (Å²) in [6.07, 6.45) is 1.35. The third kappa shape index (κ3) is 4.87. The predicted molar refractivity (Wildman–Crippen MR) is 92.2 cm³/mol. The lowest BCUT2D eigenvalue weighted by molar-refractivity contribution is 0.0530. The van der Waals surface area contributed by atoms with E-state index in [1.54, 1.807) is 6.20 Å². The molecule has 0 atom stereocenters. The third-order valence-electron chi connectivity index (χ3n) is 2.81. The molecule has 6 heteroatoms. The van der Waals surface area contributed by atoms with Crippen LogP contribution in [-0.4, -0.2) is 29.8 Å². The number of nitrogens with one attached hydrogen (secondary N) is 2. The fourth-order valence-corrected chi connectivity index (χ4v) is 2.33. The Morgan fingerprint density at radius 1 is 1.27 bits per heavy atom. The molecule has 1 heterocycles. The van der Waals surface area contributed by atoms with E-state index in [0.717, 1.165) is 21.1 Å². The van der Waals surface area contributed by atoms with Gasteiger partial charge in [-0.25, -0.2) is 9.78 Å². The van der Waals surface area contributed by atoms with Crippen molar-refractivity contribution in [2.45, 2.75) is 26.4 Å².